The quantitative estimate of drug-likeness (QED) is 0.583. The second-order valence-electron chi connectivity index (χ2n) is 8.08. The van der Waals surface area contributed by atoms with Gasteiger partial charge in [-0.2, -0.15) is 13.2 Å². The molecular formula is C23H21F3N4O4. The van der Waals surface area contributed by atoms with Gasteiger partial charge in [0.25, 0.3) is 5.91 Å². The highest BCUT2D eigenvalue weighted by molar-refractivity contribution is 5.83. The summed E-state index contributed by atoms with van der Waals surface area (Å²) in [5.41, 5.74) is 0.418. The number of aromatic nitrogens is 2. The van der Waals surface area contributed by atoms with Crippen LogP contribution in [0.1, 0.15) is 5.82 Å². The third-order valence-electron chi connectivity index (χ3n) is 5.93. The van der Waals surface area contributed by atoms with E-state index >= 15 is 0 Å². The fourth-order valence-corrected chi connectivity index (χ4v) is 4.21. The number of halogens is 3. The molecule has 1 aromatic heterocycles. The molecule has 0 aliphatic carbocycles. The maximum Gasteiger partial charge on any atom is 0.449 e. The summed E-state index contributed by atoms with van der Waals surface area (Å²) < 4.78 is 52.8. The van der Waals surface area contributed by atoms with Crippen molar-refractivity contribution in [3.8, 4) is 11.5 Å². The van der Waals surface area contributed by atoms with E-state index in [0.717, 1.165) is 4.57 Å². The Labute approximate surface area is 192 Å². The van der Waals surface area contributed by atoms with E-state index in [-0.39, 0.29) is 49.7 Å². The predicted molar refractivity (Wildman–Crippen MR) is 114 cm³/mol. The molecule has 0 N–H and O–H groups in total. The van der Waals surface area contributed by atoms with Crippen LogP contribution in [0.5, 0.6) is 11.5 Å². The zero-order valence-corrected chi connectivity index (χ0v) is 18.0. The molecule has 0 saturated carbocycles. The van der Waals surface area contributed by atoms with E-state index in [1.54, 1.807) is 35.2 Å². The molecule has 2 aromatic carbocycles. The van der Waals surface area contributed by atoms with Gasteiger partial charge in [-0.3, -0.25) is 9.59 Å². The summed E-state index contributed by atoms with van der Waals surface area (Å²) in [6.45, 7) is 0.528. The number of hydrogen-bond donors (Lipinski definition) is 0. The fourth-order valence-electron chi connectivity index (χ4n) is 4.21. The molecule has 2 aliphatic rings. The molecule has 1 saturated heterocycles. The summed E-state index contributed by atoms with van der Waals surface area (Å²) in [5, 5.41) is 0. The van der Waals surface area contributed by atoms with Gasteiger partial charge in [-0.15, -0.1) is 0 Å². The number of ether oxygens (including phenoxy) is 2. The number of para-hydroxylation sites is 4. The third-order valence-corrected chi connectivity index (χ3v) is 5.93. The number of imidazole rings is 1. The van der Waals surface area contributed by atoms with Gasteiger partial charge in [0, 0.05) is 26.2 Å². The average Bonchev–Trinajstić information content (AvgIpc) is 3.22. The molecule has 1 fully saturated rings. The molecular weight excluding hydrogens is 453 g/mol. The number of piperazine rings is 1. The summed E-state index contributed by atoms with van der Waals surface area (Å²) >= 11 is 0. The zero-order chi connectivity index (χ0) is 23.9. The summed E-state index contributed by atoms with van der Waals surface area (Å²) in [5.74, 6) is -0.750. The molecule has 1 atom stereocenters. The maximum atomic E-state index is 13.5. The monoisotopic (exact) mass is 474 g/mol. The highest BCUT2D eigenvalue weighted by Gasteiger charge is 2.39. The fraction of sp³-hybridized carbons (Fsp3) is 0.348. The lowest BCUT2D eigenvalue weighted by Crippen LogP contribution is -2.55. The molecule has 178 valence electrons. The molecule has 0 unspecified atom stereocenters. The highest BCUT2D eigenvalue weighted by atomic mass is 19.4. The van der Waals surface area contributed by atoms with Gasteiger partial charge in [-0.05, 0) is 24.3 Å². The van der Waals surface area contributed by atoms with E-state index in [1.807, 2.05) is 6.07 Å². The number of fused-ring (bicyclic) bond motifs is 2. The molecule has 3 aromatic rings. The van der Waals surface area contributed by atoms with Gasteiger partial charge < -0.3 is 23.8 Å². The van der Waals surface area contributed by atoms with Crippen LogP contribution in [-0.2, 0) is 22.3 Å². The van der Waals surface area contributed by atoms with Crippen molar-refractivity contribution in [1.29, 1.82) is 0 Å². The molecule has 2 amide bonds. The van der Waals surface area contributed by atoms with Gasteiger partial charge in [0.1, 0.15) is 13.2 Å². The van der Waals surface area contributed by atoms with Crippen LogP contribution in [0, 0.1) is 0 Å². The second-order valence-corrected chi connectivity index (χ2v) is 8.08. The van der Waals surface area contributed by atoms with Crippen molar-refractivity contribution in [1.82, 2.24) is 19.4 Å². The van der Waals surface area contributed by atoms with E-state index in [4.69, 9.17) is 9.47 Å². The van der Waals surface area contributed by atoms with Gasteiger partial charge in [0.2, 0.25) is 17.8 Å². The molecule has 3 heterocycles. The van der Waals surface area contributed by atoms with Gasteiger partial charge in [0.15, 0.2) is 11.5 Å². The first-order valence-electron chi connectivity index (χ1n) is 10.8. The molecule has 34 heavy (non-hydrogen) atoms. The number of carbonyl (C=O) groups is 2. The first kappa shape index (κ1) is 22.1. The topological polar surface area (TPSA) is 76.9 Å². The highest BCUT2D eigenvalue weighted by Crippen LogP contribution is 2.32. The number of benzene rings is 2. The van der Waals surface area contributed by atoms with Crippen molar-refractivity contribution >= 4 is 22.8 Å². The Balaban J connectivity index is 1.23. The minimum atomic E-state index is -4.69. The van der Waals surface area contributed by atoms with Crippen molar-refractivity contribution in [2.24, 2.45) is 0 Å². The Kier molecular flexibility index (Phi) is 5.54. The molecule has 0 spiro atoms. The number of nitrogens with zero attached hydrogens (tertiary/aromatic N) is 4. The molecule has 8 nitrogen and oxygen atoms in total. The lowest BCUT2D eigenvalue weighted by Gasteiger charge is -2.37. The average molecular weight is 474 g/mol. The SMILES string of the molecule is O=C(Cn1c(C(F)(F)F)nc2ccccc21)N1CCN(C(=O)[C@H]2COc3ccccc3O2)CC1. The van der Waals surface area contributed by atoms with E-state index in [0.29, 0.717) is 11.5 Å². The first-order chi connectivity index (χ1) is 16.3. The normalized spacial score (nSPS) is 18.3. The Morgan fingerprint density at radius 1 is 0.941 bits per heavy atom. The van der Waals surface area contributed by atoms with Gasteiger partial charge in [-0.25, -0.2) is 4.98 Å². The van der Waals surface area contributed by atoms with Crippen LogP contribution in [0.25, 0.3) is 11.0 Å². The third kappa shape index (κ3) is 4.13. The maximum absolute atomic E-state index is 13.5. The Morgan fingerprint density at radius 2 is 1.59 bits per heavy atom. The van der Waals surface area contributed by atoms with Crippen molar-refractivity contribution < 1.29 is 32.2 Å². The molecule has 5 rings (SSSR count). The molecule has 0 bridgehead atoms. The largest absolute Gasteiger partial charge is 0.485 e. The van der Waals surface area contributed by atoms with Crippen LogP contribution in [0.4, 0.5) is 13.2 Å². The van der Waals surface area contributed by atoms with E-state index < -0.39 is 30.6 Å². The lowest BCUT2D eigenvalue weighted by molar-refractivity contribution is -0.150. The first-order valence-corrected chi connectivity index (χ1v) is 10.8. The number of carbonyl (C=O) groups excluding carboxylic acids is 2. The smallest absolute Gasteiger partial charge is 0.449 e. The number of hydrogen-bond acceptors (Lipinski definition) is 5. The Morgan fingerprint density at radius 3 is 2.32 bits per heavy atom. The van der Waals surface area contributed by atoms with Crippen molar-refractivity contribution in [3.63, 3.8) is 0 Å². The minimum Gasteiger partial charge on any atom is -0.485 e. The Hall–Kier alpha value is -3.76. The van der Waals surface area contributed by atoms with E-state index in [1.165, 1.54) is 17.0 Å². The number of rotatable bonds is 3. The van der Waals surface area contributed by atoms with E-state index in [2.05, 4.69) is 4.98 Å². The van der Waals surface area contributed by atoms with Crippen LogP contribution in [0.2, 0.25) is 0 Å². The molecule has 11 heteroatoms. The van der Waals surface area contributed by atoms with Crippen molar-refractivity contribution in [2.75, 3.05) is 32.8 Å². The number of alkyl halides is 3. The zero-order valence-electron chi connectivity index (χ0n) is 18.0. The second kappa shape index (κ2) is 8.54. The summed E-state index contributed by atoms with van der Waals surface area (Å²) in [6, 6.07) is 13.3. The van der Waals surface area contributed by atoms with Crippen molar-refractivity contribution in [2.45, 2.75) is 18.8 Å². The van der Waals surface area contributed by atoms with Gasteiger partial charge in [0.05, 0.1) is 11.0 Å². The lowest BCUT2D eigenvalue weighted by atomic mass is 10.2. The standard InChI is InChI=1S/C23H21F3N4O4/c24-23(25,26)22-27-15-5-1-2-6-16(15)30(22)13-20(31)28-9-11-29(12-10-28)21(32)19-14-33-17-7-3-4-8-18(17)34-19/h1-8,19H,9-14H2/t19-/m1/s1. The van der Waals surface area contributed by atoms with Gasteiger partial charge >= 0.3 is 6.18 Å². The van der Waals surface area contributed by atoms with Crippen LogP contribution in [0.3, 0.4) is 0 Å². The van der Waals surface area contributed by atoms with Crippen LogP contribution >= 0.6 is 0 Å². The minimum absolute atomic E-state index is 0.0862. The van der Waals surface area contributed by atoms with E-state index in [9.17, 15) is 22.8 Å². The summed E-state index contributed by atoms with van der Waals surface area (Å²) in [4.78, 5) is 32.5. The van der Waals surface area contributed by atoms with Crippen LogP contribution in [0.15, 0.2) is 48.5 Å². The molecule has 2 aliphatic heterocycles. The van der Waals surface area contributed by atoms with Crippen LogP contribution < -0.4 is 9.47 Å². The summed E-state index contributed by atoms with van der Waals surface area (Å²) in [6.07, 6.45) is -5.48. The van der Waals surface area contributed by atoms with Crippen molar-refractivity contribution in [3.05, 3.63) is 54.4 Å². The van der Waals surface area contributed by atoms with Crippen LogP contribution in [-0.4, -0.2) is 70.1 Å². The predicted octanol–water partition coefficient (Wildman–Crippen LogP) is 2.57. The Bertz CT molecular complexity index is 1230. The summed E-state index contributed by atoms with van der Waals surface area (Å²) in [7, 11) is 0. The van der Waals surface area contributed by atoms with Gasteiger partial charge in [-0.1, -0.05) is 24.3 Å². The number of amides is 2. The molecule has 0 radical (unpaired) electrons.